The number of carbonyl (C=O) groups is 1. The van der Waals surface area contributed by atoms with Crippen molar-refractivity contribution >= 4 is 11.4 Å². The van der Waals surface area contributed by atoms with Crippen LogP contribution >= 0.6 is 0 Å². The highest BCUT2D eigenvalue weighted by molar-refractivity contribution is 6.03. The Morgan fingerprint density at radius 1 is 1.14 bits per heavy atom. The van der Waals surface area contributed by atoms with E-state index in [2.05, 4.69) is 6.58 Å². The normalized spacial score (nSPS) is 13.5. The smallest absolute Gasteiger partial charge is 0.161 e. The van der Waals surface area contributed by atoms with Gasteiger partial charge in [-0.1, -0.05) is 82.0 Å². The van der Waals surface area contributed by atoms with E-state index in [0.29, 0.717) is 0 Å². The van der Waals surface area contributed by atoms with Gasteiger partial charge in [0.05, 0.1) is 0 Å². The summed E-state index contributed by atoms with van der Waals surface area (Å²) in [6.07, 6.45) is 9.37. The van der Waals surface area contributed by atoms with Gasteiger partial charge in [-0.15, -0.1) is 0 Å². The summed E-state index contributed by atoms with van der Waals surface area (Å²) in [6.45, 7) is 11.5. The van der Waals surface area contributed by atoms with Crippen LogP contribution in [-0.2, 0) is 4.79 Å². The van der Waals surface area contributed by atoms with Crippen LogP contribution in [0.2, 0.25) is 0 Å². The van der Waals surface area contributed by atoms with E-state index >= 15 is 0 Å². The van der Waals surface area contributed by atoms with Gasteiger partial charge in [0.1, 0.15) is 0 Å². The number of ketones is 1. The molecule has 0 aromatic heterocycles. The standard InChI is InChI=1S/C20H24O/c1-6-11-16(12-7-2)18(15-19(21)20(3,4)5)17-13-9-8-10-14-17/h6-15H,1H2,2-5H3/b12-7-,16-11+,18-15+. The van der Waals surface area contributed by atoms with Gasteiger partial charge >= 0.3 is 0 Å². The van der Waals surface area contributed by atoms with Gasteiger partial charge in [0.15, 0.2) is 5.78 Å². The van der Waals surface area contributed by atoms with Crippen LogP contribution in [0.25, 0.3) is 5.57 Å². The minimum Gasteiger partial charge on any atom is -0.294 e. The van der Waals surface area contributed by atoms with Gasteiger partial charge in [0.25, 0.3) is 0 Å². The van der Waals surface area contributed by atoms with Crippen molar-refractivity contribution < 1.29 is 4.79 Å². The molecule has 0 aliphatic carbocycles. The van der Waals surface area contributed by atoms with E-state index < -0.39 is 5.41 Å². The van der Waals surface area contributed by atoms with E-state index in [1.54, 1.807) is 12.2 Å². The Morgan fingerprint density at radius 3 is 2.24 bits per heavy atom. The highest BCUT2D eigenvalue weighted by Crippen LogP contribution is 2.27. The van der Waals surface area contributed by atoms with Gasteiger partial charge in [0, 0.05) is 5.41 Å². The zero-order valence-electron chi connectivity index (χ0n) is 13.4. The van der Waals surface area contributed by atoms with Crippen LogP contribution in [-0.4, -0.2) is 5.78 Å². The molecule has 1 heteroatoms. The summed E-state index contributed by atoms with van der Waals surface area (Å²) in [5, 5.41) is 0. The summed E-state index contributed by atoms with van der Waals surface area (Å²) in [5.74, 6) is 0.112. The first kappa shape index (κ1) is 16.9. The van der Waals surface area contributed by atoms with Crippen molar-refractivity contribution in [3.8, 4) is 0 Å². The number of carbonyl (C=O) groups excluding carboxylic acids is 1. The molecule has 0 amide bonds. The van der Waals surface area contributed by atoms with Gasteiger partial charge < -0.3 is 0 Å². The average Bonchev–Trinajstić information content (AvgIpc) is 2.44. The zero-order valence-corrected chi connectivity index (χ0v) is 13.4. The summed E-state index contributed by atoms with van der Waals surface area (Å²) < 4.78 is 0. The molecule has 0 bridgehead atoms. The zero-order chi connectivity index (χ0) is 15.9. The third-order valence-corrected chi connectivity index (χ3v) is 3.05. The summed E-state index contributed by atoms with van der Waals surface area (Å²) >= 11 is 0. The number of benzene rings is 1. The van der Waals surface area contributed by atoms with E-state index in [9.17, 15) is 4.79 Å². The topological polar surface area (TPSA) is 17.1 Å². The van der Waals surface area contributed by atoms with Crippen LogP contribution in [0.1, 0.15) is 33.3 Å². The van der Waals surface area contributed by atoms with Crippen molar-refractivity contribution in [2.45, 2.75) is 27.7 Å². The van der Waals surface area contributed by atoms with E-state index in [-0.39, 0.29) is 5.78 Å². The van der Waals surface area contributed by atoms with Crippen molar-refractivity contribution in [1.82, 2.24) is 0 Å². The number of hydrogen-bond donors (Lipinski definition) is 0. The second kappa shape index (κ2) is 7.58. The molecule has 1 aromatic carbocycles. The molecule has 0 saturated heterocycles. The van der Waals surface area contributed by atoms with Crippen molar-refractivity contribution in [1.29, 1.82) is 0 Å². The predicted molar refractivity (Wildman–Crippen MR) is 92.0 cm³/mol. The molecule has 0 spiro atoms. The van der Waals surface area contributed by atoms with Crippen molar-refractivity contribution in [3.63, 3.8) is 0 Å². The molecular weight excluding hydrogens is 256 g/mol. The lowest BCUT2D eigenvalue weighted by molar-refractivity contribution is -0.121. The molecule has 1 rings (SSSR count). The third kappa shape index (κ3) is 5.03. The van der Waals surface area contributed by atoms with Crippen molar-refractivity contribution in [2.24, 2.45) is 5.41 Å². The molecule has 0 fully saturated rings. The largest absolute Gasteiger partial charge is 0.294 e. The van der Waals surface area contributed by atoms with Crippen LogP contribution in [0, 0.1) is 5.41 Å². The quantitative estimate of drug-likeness (QED) is 0.523. The molecule has 0 aliphatic rings. The van der Waals surface area contributed by atoms with Gasteiger partial charge in [-0.05, 0) is 29.7 Å². The fourth-order valence-electron chi connectivity index (χ4n) is 1.84. The molecule has 0 aliphatic heterocycles. The SMILES string of the molecule is C=C/C=C(\C=C/C)C(=C\C(=O)C(C)(C)C)/c1ccccc1. The molecule has 1 nitrogen and oxygen atoms in total. The first-order valence-corrected chi connectivity index (χ1v) is 7.17. The first-order valence-electron chi connectivity index (χ1n) is 7.17. The van der Waals surface area contributed by atoms with Crippen LogP contribution < -0.4 is 0 Å². The highest BCUT2D eigenvalue weighted by Gasteiger charge is 2.20. The molecule has 0 saturated carbocycles. The maximum absolute atomic E-state index is 12.4. The van der Waals surface area contributed by atoms with Crippen LogP contribution in [0.15, 0.2) is 72.9 Å². The maximum atomic E-state index is 12.4. The third-order valence-electron chi connectivity index (χ3n) is 3.05. The Kier molecular flexibility index (Phi) is 6.10. The predicted octanol–water partition coefficient (Wildman–Crippen LogP) is 5.37. The van der Waals surface area contributed by atoms with Crippen LogP contribution in [0.3, 0.4) is 0 Å². The molecule has 0 N–H and O–H groups in total. The Morgan fingerprint density at radius 2 is 1.76 bits per heavy atom. The van der Waals surface area contributed by atoms with Crippen LogP contribution in [0.5, 0.6) is 0 Å². The Bertz CT molecular complexity index is 578. The Balaban J connectivity index is 3.44. The molecule has 0 atom stereocenters. The van der Waals surface area contributed by atoms with Crippen molar-refractivity contribution in [2.75, 3.05) is 0 Å². The minimum atomic E-state index is -0.394. The molecule has 0 unspecified atom stereocenters. The maximum Gasteiger partial charge on any atom is 0.161 e. The number of allylic oxidation sites excluding steroid dienone is 7. The second-order valence-electron chi connectivity index (χ2n) is 5.90. The van der Waals surface area contributed by atoms with Crippen molar-refractivity contribution in [3.05, 3.63) is 78.4 Å². The van der Waals surface area contributed by atoms with Gasteiger partial charge in [-0.3, -0.25) is 4.79 Å². The van der Waals surface area contributed by atoms with E-state index in [1.165, 1.54) is 0 Å². The number of rotatable bonds is 5. The number of hydrogen-bond acceptors (Lipinski definition) is 1. The summed E-state index contributed by atoms with van der Waals surface area (Å²) in [6, 6.07) is 9.96. The minimum absolute atomic E-state index is 0.112. The lowest BCUT2D eigenvalue weighted by Gasteiger charge is -2.16. The van der Waals surface area contributed by atoms with Crippen LogP contribution in [0.4, 0.5) is 0 Å². The lowest BCUT2D eigenvalue weighted by atomic mass is 9.87. The van der Waals surface area contributed by atoms with Gasteiger partial charge in [-0.2, -0.15) is 0 Å². The molecule has 1 aromatic rings. The average molecular weight is 280 g/mol. The van der Waals surface area contributed by atoms with E-state index in [1.807, 2.05) is 76.3 Å². The van der Waals surface area contributed by atoms with E-state index in [0.717, 1.165) is 16.7 Å². The molecule has 0 heterocycles. The van der Waals surface area contributed by atoms with Gasteiger partial charge in [0.2, 0.25) is 0 Å². The molecule has 0 radical (unpaired) electrons. The summed E-state index contributed by atoms with van der Waals surface area (Å²) in [7, 11) is 0. The first-order chi connectivity index (χ1) is 9.90. The monoisotopic (exact) mass is 280 g/mol. The Hall–Kier alpha value is -2.15. The van der Waals surface area contributed by atoms with E-state index in [4.69, 9.17) is 0 Å². The highest BCUT2D eigenvalue weighted by atomic mass is 16.1. The molecule has 110 valence electrons. The van der Waals surface area contributed by atoms with Gasteiger partial charge in [-0.25, -0.2) is 0 Å². The fourth-order valence-corrected chi connectivity index (χ4v) is 1.84. The lowest BCUT2D eigenvalue weighted by Crippen LogP contribution is -2.18. The Labute approximate surface area is 128 Å². The fraction of sp³-hybridized carbons (Fsp3) is 0.250. The molecule has 21 heavy (non-hydrogen) atoms. The summed E-state index contributed by atoms with van der Waals surface area (Å²) in [5.41, 5.74) is 2.54. The summed E-state index contributed by atoms with van der Waals surface area (Å²) in [4.78, 5) is 12.4. The molecular formula is C20H24O. The second-order valence-corrected chi connectivity index (χ2v) is 5.90.